The molecule has 0 saturated heterocycles. The van der Waals surface area contributed by atoms with Gasteiger partial charge in [0.1, 0.15) is 0 Å². The van der Waals surface area contributed by atoms with Gasteiger partial charge in [-0.2, -0.15) is 5.10 Å². The van der Waals surface area contributed by atoms with Crippen molar-refractivity contribution >= 4 is 5.91 Å². The molecule has 146 valence electrons. The van der Waals surface area contributed by atoms with Crippen LogP contribution in [0.3, 0.4) is 0 Å². The minimum Gasteiger partial charge on any atom is -0.337 e. The molecule has 0 fully saturated rings. The second-order valence-corrected chi connectivity index (χ2v) is 7.22. The topological polar surface area (TPSA) is 38.1 Å². The number of carbonyl (C=O) groups excluding carboxylic acids is 1. The smallest absolute Gasteiger partial charge is 0.257 e. The number of aryl methyl sites for hydroxylation is 2. The van der Waals surface area contributed by atoms with Crippen molar-refractivity contribution in [3.63, 3.8) is 0 Å². The molecule has 3 aromatic rings. The summed E-state index contributed by atoms with van der Waals surface area (Å²) in [6.45, 7) is 6.89. The third-order valence-electron chi connectivity index (χ3n) is 5.04. The summed E-state index contributed by atoms with van der Waals surface area (Å²) in [5.41, 5.74) is 5.97. The molecule has 28 heavy (non-hydrogen) atoms. The maximum absolute atomic E-state index is 13.4. The van der Waals surface area contributed by atoms with E-state index in [1.165, 1.54) is 0 Å². The number of aromatic nitrogens is 2. The molecule has 0 spiro atoms. The average molecular weight is 376 g/mol. The minimum absolute atomic E-state index is 0.0454. The molecule has 0 saturated carbocycles. The lowest BCUT2D eigenvalue weighted by atomic mass is 10.1. The molecule has 1 aromatic heterocycles. The molecule has 3 rings (SSSR count). The summed E-state index contributed by atoms with van der Waals surface area (Å²) in [7, 11) is 1.87. The van der Waals surface area contributed by atoms with Gasteiger partial charge in [0.25, 0.3) is 5.91 Å². The first-order valence-corrected chi connectivity index (χ1v) is 10.0. The van der Waals surface area contributed by atoms with Gasteiger partial charge in [-0.1, -0.05) is 68.8 Å². The molecule has 0 bridgehead atoms. The van der Waals surface area contributed by atoms with Crippen molar-refractivity contribution in [3.05, 3.63) is 82.7 Å². The summed E-state index contributed by atoms with van der Waals surface area (Å²) in [6.07, 6.45) is 2.51. The number of hydrogen-bond donors (Lipinski definition) is 0. The molecule has 0 aliphatic carbocycles. The molecule has 0 aliphatic rings. The fraction of sp³-hybridized carbons (Fsp3) is 0.333. The summed E-state index contributed by atoms with van der Waals surface area (Å²) in [6, 6.07) is 18.3. The Balaban J connectivity index is 2.03. The highest BCUT2D eigenvalue weighted by Gasteiger charge is 2.25. The van der Waals surface area contributed by atoms with Gasteiger partial charge in [0.2, 0.25) is 0 Å². The fourth-order valence-electron chi connectivity index (χ4n) is 3.61. The average Bonchev–Trinajstić information content (AvgIpc) is 3.06. The van der Waals surface area contributed by atoms with Crippen molar-refractivity contribution in [2.45, 2.75) is 46.6 Å². The molecule has 0 radical (unpaired) electrons. The predicted molar refractivity (Wildman–Crippen MR) is 114 cm³/mol. The Bertz CT molecular complexity index is 944. The zero-order chi connectivity index (χ0) is 20.1. The summed E-state index contributed by atoms with van der Waals surface area (Å²) in [4.78, 5) is 15.2. The van der Waals surface area contributed by atoms with Gasteiger partial charge in [-0.25, -0.2) is 4.68 Å². The van der Waals surface area contributed by atoms with Crippen LogP contribution in [0.1, 0.15) is 53.1 Å². The van der Waals surface area contributed by atoms with Gasteiger partial charge in [-0.3, -0.25) is 4.79 Å². The van der Waals surface area contributed by atoms with Crippen molar-refractivity contribution in [2.24, 2.45) is 0 Å². The summed E-state index contributed by atoms with van der Waals surface area (Å²) in [5, 5.41) is 4.88. The normalized spacial score (nSPS) is 10.9. The molecular weight excluding hydrogens is 346 g/mol. The molecule has 0 N–H and O–H groups in total. The highest BCUT2D eigenvalue weighted by atomic mass is 16.2. The van der Waals surface area contributed by atoms with E-state index in [1.54, 1.807) is 4.90 Å². The summed E-state index contributed by atoms with van der Waals surface area (Å²) < 4.78 is 1.98. The van der Waals surface area contributed by atoms with Crippen molar-refractivity contribution in [1.29, 1.82) is 0 Å². The summed E-state index contributed by atoms with van der Waals surface area (Å²) in [5.74, 6) is 0.0454. The van der Waals surface area contributed by atoms with Crippen LogP contribution in [-0.4, -0.2) is 27.6 Å². The van der Waals surface area contributed by atoms with Gasteiger partial charge in [0.05, 0.1) is 22.6 Å². The second-order valence-electron chi connectivity index (χ2n) is 7.22. The lowest BCUT2D eigenvalue weighted by Crippen LogP contribution is -2.27. The fourth-order valence-corrected chi connectivity index (χ4v) is 3.61. The van der Waals surface area contributed by atoms with Crippen LogP contribution in [0.5, 0.6) is 0 Å². The highest BCUT2D eigenvalue weighted by Crippen LogP contribution is 2.24. The van der Waals surface area contributed by atoms with Crippen molar-refractivity contribution < 1.29 is 4.79 Å². The van der Waals surface area contributed by atoms with Crippen LogP contribution in [0, 0.1) is 6.92 Å². The zero-order valence-corrected chi connectivity index (χ0v) is 17.3. The van der Waals surface area contributed by atoms with Gasteiger partial charge in [-0.15, -0.1) is 0 Å². The molecule has 2 aromatic carbocycles. The third kappa shape index (κ3) is 4.01. The monoisotopic (exact) mass is 375 g/mol. The van der Waals surface area contributed by atoms with Crippen LogP contribution in [0.15, 0.2) is 54.6 Å². The number of amides is 1. The van der Waals surface area contributed by atoms with E-state index >= 15 is 0 Å². The van der Waals surface area contributed by atoms with E-state index in [-0.39, 0.29) is 5.91 Å². The van der Waals surface area contributed by atoms with Gasteiger partial charge in [0, 0.05) is 13.6 Å². The predicted octanol–water partition coefficient (Wildman–Crippen LogP) is 4.97. The Morgan fingerprint density at radius 3 is 2.36 bits per heavy atom. The minimum atomic E-state index is 0.0454. The van der Waals surface area contributed by atoms with Gasteiger partial charge < -0.3 is 4.90 Å². The lowest BCUT2D eigenvalue weighted by molar-refractivity contribution is 0.0783. The van der Waals surface area contributed by atoms with Gasteiger partial charge >= 0.3 is 0 Å². The van der Waals surface area contributed by atoms with Crippen LogP contribution in [-0.2, 0) is 19.4 Å². The van der Waals surface area contributed by atoms with Gasteiger partial charge in [-0.05, 0) is 37.0 Å². The Hall–Kier alpha value is -2.88. The first kappa shape index (κ1) is 19.9. The van der Waals surface area contributed by atoms with E-state index in [0.29, 0.717) is 6.54 Å². The highest BCUT2D eigenvalue weighted by molar-refractivity contribution is 5.96. The number of carbonyl (C=O) groups is 1. The number of para-hydroxylation sites is 1. The molecular formula is C24H29N3O. The SMILES string of the molecule is CCCc1nn(-c2ccccc2C)c(CC)c1C(=O)N(C)Cc1ccccc1. The van der Waals surface area contributed by atoms with E-state index in [2.05, 4.69) is 32.9 Å². The first-order chi connectivity index (χ1) is 13.6. The maximum atomic E-state index is 13.4. The largest absolute Gasteiger partial charge is 0.337 e. The number of nitrogens with zero attached hydrogens (tertiary/aromatic N) is 3. The molecule has 1 heterocycles. The number of rotatable bonds is 7. The van der Waals surface area contributed by atoms with Gasteiger partial charge in [0.15, 0.2) is 0 Å². The van der Waals surface area contributed by atoms with Crippen LogP contribution < -0.4 is 0 Å². The zero-order valence-electron chi connectivity index (χ0n) is 17.3. The molecule has 0 unspecified atom stereocenters. The van der Waals surface area contributed by atoms with E-state index in [0.717, 1.165) is 53.0 Å². The first-order valence-electron chi connectivity index (χ1n) is 10.0. The van der Waals surface area contributed by atoms with E-state index < -0.39 is 0 Å². The molecule has 4 heteroatoms. The number of benzene rings is 2. The van der Waals surface area contributed by atoms with Crippen LogP contribution in [0.4, 0.5) is 0 Å². The Kier molecular flexibility index (Phi) is 6.30. The second kappa shape index (κ2) is 8.87. The standard InChI is InChI=1S/C24H29N3O/c1-5-12-20-23(24(28)26(4)17-19-14-8-7-9-15-19)21(6-2)27(25-20)22-16-11-10-13-18(22)3/h7-11,13-16H,5-6,12,17H2,1-4H3. The quantitative estimate of drug-likeness (QED) is 0.585. The number of hydrogen-bond acceptors (Lipinski definition) is 2. The Morgan fingerprint density at radius 2 is 1.71 bits per heavy atom. The molecule has 0 aliphatic heterocycles. The summed E-state index contributed by atoms with van der Waals surface area (Å²) >= 11 is 0. The van der Waals surface area contributed by atoms with Crippen molar-refractivity contribution in [3.8, 4) is 5.69 Å². The van der Waals surface area contributed by atoms with E-state index in [1.807, 2.05) is 54.2 Å². The van der Waals surface area contributed by atoms with Crippen LogP contribution in [0.25, 0.3) is 5.69 Å². The Morgan fingerprint density at radius 1 is 1.04 bits per heavy atom. The third-order valence-corrected chi connectivity index (χ3v) is 5.04. The molecule has 0 atom stereocenters. The maximum Gasteiger partial charge on any atom is 0.257 e. The Labute approximate surface area is 167 Å². The molecule has 4 nitrogen and oxygen atoms in total. The van der Waals surface area contributed by atoms with Crippen molar-refractivity contribution in [2.75, 3.05) is 7.05 Å². The van der Waals surface area contributed by atoms with E-state index in [9.17, 15) is 4.79 Å². The lowest BCUT2D eigenvalue weighted by Gasteiger charge is -2.18. The molecule has 1 amide bonds. The van der Waals surface area contributed by atoms with Crippen LogP contribution >= 0.6 is 0 Å². The van der Waals surface area contributed by atoms with Crippen LogP contribution in [0.2, 0.25) is 0 Å². The van der Waals surface area contributed by atoms with E-state index in [4.69, 9.17) is 5.10 Å². The van der Waals surface area contributed by atoms with Crippen molar-refractivity contribution in [1.82, 2.24) is 14.7 Å².